The zero-order chi connectivity index (χ0) is 13.0. The number of nitrogens with zero attached hydrogens (tertiary/aromatic N) is 1. The minimum absolute atomic E-state index is 0.328. The minimum Gasteiger partial charge on any atom is -0.496 e. The van der Waals surface area contributed by atoms with Gasteiger partial charge in [-0.15, -0.1) is 0 Å². The molecule has 0 fully saturated rings. The highest BCUT2D eigenvalue weighted by Gasteiger charge is 2.27. The second-order valence-electron chi connectivity index (χ2n) is 3.78. The van der Waals surface area contributed by atoms with Crippen molar-refractivity contribution in [3.05, 3.63) is 29.6 Å². The van der Waals surface area contributed by atoms with Crippen LogP contribution < -0.4 is 4.74 Å². The van der Waals surface area contributed by atoms with Gasteiger partial charge in [-0.1, -0.05) is 6.07 Å². The van der Waals surface area contributed by atoms with Gasteiger partial charge in [0.15, 0.2) is 0 Å². The van der Waals surface area contributed by atoms with Gasteiger partial charge in [-0.2, -0.15) is 0 Å². The number of benzene rings is 1. The van der Waals surface area contributed by atoms with Crippen LogP contribution in [0.2, 0.25) is 0 Å². The number of hydrogen-bond acceptors (Lipinski definition) is 4. The van der Waals surface area contributed by atoms with Crippen LogP contribution in [-0.4, -0.2) is 39.2 Å². The Morgan fingerprint density at radius 1 is 1.35 bits per heavy atom. The summed E-state index contributed by atoms with van der Waals surface area (Å²) in [6.45, 7) is 0. The largest absolute Gasteiger partial charge is 0.496 e. The number of ether oxygens (including phenoxy) is 2. The van der Waals surface area contributed by atoms with Crippen molar-refractivity contribution in [3.63, 3.8) is 0 Å². The molecule has 0 heterocycles. The Balaban J connectivity index is 3.23. The highest BCUT2D eigenvalue weighted by Crippen LogP contribution is 2.29. The summed E-state index contributed by atoms with van der Waals surface area (Å²) in [5.74, 6) is -0.498. The fourth-order valence-corrected chi connectivity index (χ4v) is 1.64. The summed E-state index contributed by atoms with van der Waals surface area (Å²) in [5.41, 5.74) is 0.575. The lowest BCUT2D eigenvalue weighted by Crippen LogP contribution is -2.29. The quantitative estimate of drug-likeness (QED) is 0.751. The Labute approximate surface area is 99.9 Å². The summed E-state index contributed by atoms with van der Waals surface area (Å²) in [5, 5.41) is 0. The summed E-state index contributed by atoms with van der Waals surface area (Å²) in [4.78, 5) is 13.4. The average Bonchev–Trinajstić information content (AvgIpc) is 2.30. The van der Waals surface area contributed by atoms with Gasteiger partial charge in [0, 0.05) is 11.6 Å². The maximum atomic E-state index is 13.1. The molecule has 1 aromatic rings. The first-order chi connectivity index (χ1) is 8.01. The lowest BCUT2D eigenvalue weighted by atomic mass is 10.0. The van der Waals surface area contributed by atoms with Crippen molar-refractivity contribution >= 4 is 5.97 Å². The van der Waals surface area contributed by atoms with Gasteiger partial charge in [-0.25, -0.2) is 9.18 Å². The molecule has 0 aliphatic carbocycles. The van der Waals surface area contributed by atoms with E-state index in [9.17, 15) is 9.18 Å². The molecular formula is C12H16FNO3. The van der Waals surface area contributed by atoms with Crippen LogP contribution in [0.15, 0.2) is 18.2 Å². The highest BCUT2D eigenvalue weighted by atomic mass is 19.1. The van der Waals surface area contributed by atoms with E-state index in [0.717, 1.165) is 0 Å². The first kappa shape index (κ1) is 13.4. The molecule has 5 heteroatoms. The first-order valence-corrected chi connectivity index (χ1v) is 5.09. The molecule has 1 unspecified atom stereocenters. The number of esters is 1. The van der Waals surface area contributed by atoms with Gasteiger partial charge < -0.3 is 9.47 Å². The van der Waals surface area contributed by atoms with Gasteiger partial charge >= 0.3 is 5.97 Å². The highest BCUT2D eigenvalue weighted by molar-refractivity contribution is 5.78. The van der Waals surface area contributed by atoms with E-state index in [0.29, 0.717) is 11.3 Å². The van der Waals surface area contributed by atoms with Crippen LogP contribution in [0.3, 0.4) is 0 Å². The molecule has 0 saturated carbocycles. The number of methoxy groups -OCH3 is 2. The van der Waals surface area contributed by atoms with Gasteiger partial charge in [-0.05, 0) is 20.2 Å². The van der Waals surface area contributed by atoms with Crippen LogP contribution >= 0.6 is 0 Å². The summed E-state index contributed by atoms with van der Waals surface area (Å²) in [6.07, 6.45) is 0. The van der Waals surface area contributed by atoms with E-state index in [1.165, 1.54) is 32.4 Å². The monoisotopic (exact) mass is 241 g/mol. The van der Waals surface area contributed by atoms with Crippen molar-refractivity contribution in [2.45, 2.75) is 6.04 Å². The van der Waals surface area contributed by atoms with Crippen molar-refractivity contribution in [1.29, 1.82) is 0 Å². The van der Waals surface area contributed by atoms with E-state index in [4.69, 9.17) is 9.47 Å². The van der Waals surface area contributed by atoms with Crippen LogP contribution in [0, 0.1) is 5.82 Å². The second kappa shape index (κ2) is 5.63. The molecule has 0 spiro atoms. The van der Waals surface area contributed by atoms with Crippen molar-refractivity contribution in [2.24, 2.45) is 0 Å². The van der Waals surface area contributed by atoms with Crippen LogP contribution in [0.5, 0.6) is 5.75 Å². The molecule has 4 nitrogen and oxygen atoms in total. The molecule has 0 bridgehead atoms. The van der Waals surface area contributed by atoms with Crippen LogP contribution in [-0.2, 0) is 9.53 Å². The van der Waals surface area contributed by atoms with Crippen molar-refractivity contribution in [2.75, 3.05) is 28.3 Å². The smallest absolute Gasteiger partial charge is 0.327 e. The van der Waals surface area contributed by atoms with Crippen molar-refractivity contribution in [3.8, 4) is 5.75 Å². The van der Waals surface area contributed by atoms with Crippen molar-refractivity contribution in [1.82, 2.24) is 4.90 Å². The maximum Gasteiger partial charge on any atom is 0.327 e. The molecule has 0 aliphatic heterocycles. The fourth-order valence-electron chi connectivity index (χ4n) is 1.64. The Bertz CT molecular complexity index is 407. The molecule has 0 N–H and O–H groups in total. The molecule has 0 amide bonds. The normalized spacial score (nSPS) is 12.4. The lowest BCUT2D eigenvalue weighted by molar-refractivity contribution is -0.146. The van der Waals surface area contributed by atoms with Crippen LogP contribution in [0.1, 0.15) is 11.6 Å². The predicted molar refractivity (Wildman–Crippen MR) is 61.4 cm³/mol. The molecule has 0 saturated heterocycles. The number of hydrogen-bond donors (Lipinski definition) is 0. The molecule has 0 aliphatic rings. The summed E-state index contributed by atoms with van der Waals surface area (Å²) < 4.78 is 22.9. The Morgan fingerprint density at radius 3 is 2.47 bits per heavy atom. The SMILES string of the molecule is COC(=O)C(c1ccc(F)cc1OC)N(C)C. The lowest BCUT2D eigenvalue weighted by Gasteiger charge is -2.23. The first-order valence-electron chi connectivity index (χ1n) is 5.09. The maximum absolute atomic E-state index is 13.1. The number of likely N-dealkylation sites (N-methyl/N-ethyl adjacent to an activating group) is 1. The van der Waals surface area contributed by atoms with Gasteiger partial charge in [0.25, 0.3) is 0 Å². The Kier molecular flexibility index (Phi) is 4.45. The topological polar surface area (TPSA) is 38.8 Å². The zero-order valence-electron chi connectivity index (χ0n) is 10.4. The average molecular weight is 241 g/mol. The zero-order valence-corrected chi connectivity index (χ0v) is 10.4. The van der Waals surface area contributed by atoms with Gasteiger partial charge in [-0.3, -0.25) is 4.90 Å². The third kappa shape index (κ3) is 2.94. The van der Waals surface area contributed by atoms with Gasteiger partial charge in [0.1, 0.15) is 17.6 Å². The van der Waals surface area contributed by atoms with Crippen molar-refractivity contribution < 1.29 is 18.7 Å². The number of rotatable bonds is 4. The minimum atomic E-state index is -0.615. The molecule has 0 radical (unpaired) electrons. The fraction of sp³-hybridized carbons (Fsp3) is 0.417. The number of carbonyl (C=O) groups excluding carboxylic acids is 1. The van der Waals surface area contributed by atoms with E-state index >= 15 is 0 Å². The number of halogens is 1. The van der Waals surface area contributed by atoms with E-state index < -0.39 is 17.8 Å². The van der Waals surface area contributed by atoms with Gasteiger partial charge in [0.2, 0.25) is 0 Å². The van der Waals surface area contributed by atoms with Crippen LogP contribution in [0.4, 0.5) is 4.39 Å². The van der Waals surface area contributed by atoms with E-state index in [1.807, 2.05) is 0 Å². The Hall–Kier alpha value is -1.62. The molecule has 94 valence electrons. The van der Waals surface area contributed by atoms with E-state index in [-0.39, 0.29) is 0 Å². The van der Waals surface area contributed by atoms with E-state index in [1.54, 1.807) is 19.0 Å². The molecular weight excluding hydrogens is 225 g/mol. The predicted octanol–water partition coefficient (Wildman–Crippen LogP) is 1.61. The summed E-state index contributed by atoms with van der Waals surface area (Å²) in [7, 11) is 6.23. The third-order valence-corrected chi connectivity index (χ3v) is 2.43. The number of carbonyl (C=O) groups is 1. The molecule has 1 rings (SSSR count). The molecule has 17 heavy (non-hydrogen) atoms. The third-order valence-electron chi connectivity index (χ3n) is 2.43. The summed E-state index contributed by atoms with van der Waals surface area (Å²) >= 11 is 0. The van der Waals surface area contributed by atoms with E-state index in [2.05, 4.69) is 0 Å². The molecule has 1 aromatic carbocycles. The summed E-state index contributed by atoms with van der Waals surface area (Å²) in [6, 6.07) is 3.44. The second-order valence-corrected chi connectivity index (χ2v) is 3.78. The van der Waals surface area contributed by atoms with Gasteiger partial charge in [0.05, 0.1) is 14.2 Å². The molecule has 1 atom stereocenters. The Morgan fingerprint density at radius 2 is 2.00 bits per heavy atom. The van der Waals surface area contributed by atoms with Crippen LogP contribution in [0.25, 0.3) is 0 Å². The standard InChI is InChI=1S/C12H16FNO3/c1-14(2)11(12(15)17-4)9-6-5-8(13)7-10(9)16-3/h5-7,11H,1-4H3. The molecule has 0 aromatic heterocycles.